The van der Waals surface area contributed by atoms with Gasteiger partial charge in [0.05, 0.1) is 0 Å². The molecule has 1 aliphatic heterocycles. The minimum Gasteiger partial charge on any atom is -0.473 e. The second-order valence-electron chi connectivity index (χ2n) is 7.88. The van der Waals surface area contributed by atoms with Crippen LogP contribution < -0.4 is 4.74 Å². The molecule has 1 aliphatic rings. The Morgan fingerprint density at radius 2 is 1.31 bits per heavy atom. The number of hydrogen-bond donors (Lipinski definition) is 0. The Labute approximate surface area is 176 Å². The van der Waals surface area contributed by atoms with Crippen LogP contribution in [0.5, 0.6) is 5.75 Å². The fourth-order valence-corrected chi connectivity index (χ4v) is 5.74. The molecule has 29 heavy (non-hydrogen) atoms. The van der Waals surface area contributed by atoms with Gasteiger partial charge in [-0.25, -0.2) is 0 Å². The molecule has 0 amide bonds. The maximum absolute atomic E-state index is 6.98. The van der Waals surface area contributed by atoms with Crippen molar-refractivity contribution in [1.82, 2.24) is 0 Å². The van der Waals surface area contributed by atoms with E-state index in [9.17, 15) is 0 Å². The topological polar surface area (TPSA) is 9.23 Å². The van der Waals surface area contributed by atoms with E-state index in [1.54, 1.807) is 0 Å². The zero-order valence-corrected chi connectivity index (χ0v) is 18.1. The van der Waals surface area contributed by atoms with Crippen LogP contribution in [0.2, 0.25) is 0 Å². The molecule has 5 rings (SSSR count). The minimum absolute atomic E-state index is 0.623. The van der Waals surface area contributed by atoms with Crippen LogP contribution in [0.4, 0.5) is 0 Å². The molecule has 144 valence electrons. The predicted octanol–water partition coefficient (Wildman–Crippen LogP) is 7.48. The van der Waals surface area contributed by atoms with Gasteiger partial charge in [0.15, 0.2) is 5.60 Å². The highest BCUT2D eigenvalue weighted by atomic mass is 32.1. The van der Waals surface area contributed by atoms with Crippen molar-refractivity contribution < 1.29 is 4.74 Å². The number of hydrogen-bond acceptors (Lipinski definition) is 2. The predicted molar refractivity (Wildman–Crippen MR) is 124 cm³/mol. The molecule has 0 saturated carbocycles. The highest BCUT2D eigenvalue weighted by Crippen LogP contribution is 2.49. The van der Waals surface area contributed by atoms with E-state index < -0.39 is 5.60 Å². The molecule has 0 bridgehead atoms. The van der Waals surface area contributed by atoms with Crippen molar-refractivity contribution in [2.75, 3.05) is 0 Å². The van der Waals surface area contributed by atoms with Gasteiger partial charge >= 0.3 is 0 Å². The van der Waals surface area contributed by atoms with Crippen molar-refractivity contribution in [3.8, 4) is 5.75 Å². The summed E-state index contributed by atoms with van der Waals surface area (Å²) in [6.07, 6.45) is 4.50. The smallest absolute Gasteiger partial charge is 0.178 e. The first-order valence-corrected chi connectivity index (χ1v) is 10.9. The van der Waals surface area contributed by atoms with Crippen molar-refractivity contribution in [1.29, 1.82) is 0 Å². The van der Waals surface area contributed by atoms with Crippen molar-refractivity contribution in [2.45, 2.75) is 33.3 Å². The van der Waals surface area contributed by atoms with Gasteiger partial charge in [0, 0.05) is 31.8 Å². The minimum atomic E-state index is -0.623. The summed E-state index contributed by atoms with van der Waals surface area (Å²) in [6, 6.07) is 21.1. The van der Waals surface area contributed by atoms with Crippen LogP contribution in [-0.2, 0) is 5.60 Å². The molecule has 4 aromatic rings. The van der Waals surface area contributed by atoms with Crippen LogP contribution in [0.3, 0.4) is 0 Å². The van der Waals surface area contributed by atoms with E-state index in [0.29, 0.717) is 0 Å². The van der Waals surface area contributed by atoms with Gasteiger partial charge in [-0.15, -0.1) is 11.3 Å². The van der Waals surface area contributed by atoms with Crippen LogP contribution in [0.15, 0.2) is 66.7 Å². The zero-order valence-electron chi connectivity index (χ0n) is 17.2. The normalized spacial score (nSPS) is 14.6. The third-order valence-corrected chi connectivity index (χ3v) is 7.57. The molecule has 0 saturated heterocycles. The number of ether oxygens (including phenoxy) is 1. The number of fused-ring (bicyclic) bond motifs is 2. The second kappa shape index (κ2) is 6.60. The van der Waals surface area contributed by atoms with Gasteiger partial charge in [-0.05, 0) is 50.3 Å². The lowest BCUT2D eigenvalue weighted by atomic mass is 9.82. The van der Waals surface area contributed by atoms with Crippen LogP contribution in [0.1, 0.15) is 38.3 Å². The molecule has 0 N–H and O–H groups in total. The molecule has 3 aromatic carbocycles. The van der Waals surface area contributed by atoms with Crippen molar-refractivity contribution in [3.63, 3.8) is 0 Å². The monoisotopic (exact) mass is 396 g/mol. The highest BCUT2D eigenvalue weighted by molar-refractivity contribution is 7.19. The lowest BCUT2D eigenvalue weighted by Gasteiger charge is -2.37. The molecule has 0 atom stereocenters. The van der Waals surface area contributed by atoms with E-state index in [-0.39, 0.29) is 0 Å². The third kappa shape index (κ3) is 2.59. The van der Waals surface area contributed by atoms with Crippen LogP contribution in [-0.4, -0.2) is 0 Å². The van der Waals surface area contributed by atoms with E-state index in [1.165, 1.54) is 37.2 Å². The molecular formula is C27H24OS. The molecule has 0 radical (unpaired) electrons. The number of thiophene rings is 1. The lowest BCUT2D eigenvalue weighted by molar-refractivity contribution is 0.160. The molecule has 2 heteroatoms. The Balaban J connectivity index is 1.81. The summed E-state index contributed by atoms with van der Waals surface area (Å²) in [6.45, 7) is 8.88. The summed E-state index contributed by atoms with van der Waals surface area (Å²) in [5.41, 5.74) is 6.81. The van der Waals surface area contributed by atoms with E-state index in [4.69, 9.17) is 4.74 Å². The van der Waals surface area contributed by atoms with Gasteiger partial charge in [0.25, 0.3) is 0 Å². The summed E-state index contributed by atoms with van der Waals surface area (Å²) >= 11 is 1.88. The van der Waals surface area contributed by atoms with Crippen molar-refractivity contribution in [2.24, 2.45) is 0 Å². The molecule has 2 heterocycles. The maximum Gasteiger partial charge on any atom is 0.178 e. The average Bonchev–Trinajstić information content (AvgIpc) is 3.07. The Hall–Kier alpha value is -2.84. The molecule has 1 aromatic heterocycles. The van der Waals surface area contributed by atoms with Gasteiger partial charge in [0.1, 0.15) is 5.75 Å². The number of aryl methyl sites for hydroxylation is 4. The summed E-state index contributed by atoms with van der Waals surface area (Å²) < 4.78 is 8.33. The van der Waals surface area contributed by atoms with Crippen LogP contribution >= 0.6 is 11.3 Å². The number of benzene rings is 3. The molecule has 0 unspecified atom stereocenters. The standard InChI is InChI=1S/C27H24OS/c1-17-20(4)29-26-19(3)25-23(18(2)24(17)26)15-16-27(28-25,21-11-7-5-8-12-21)22-13-9-6-10-14-22/h5-16H,1-4H3. The van der Waals surface area contributed by atoms with E-state index in [0.717, 1.165) is 16.9 Å². The van der Waals surface area contributed by atoms with Gasteiger partial charge in [-0.1, -0.05) is 66.7 Å². The first-order valence-electron chi connectivity index (χ1n) is 10.0. The molecule has 1 nitrogen and oxygen atoms in total. The zero-order chi connectivity index (χ0) is 20.2. The quantitative estimate of drug-likeness (QED) is 0.341. The van der Waals surface area contributed by atoms with E-state index >= 15 is 0 Å². The Kier molecular flexibility index (Phi) is 4.15. The van der Waals surface area contributed by atoms with Gasteiger partial charge in [-0.2, -0.15) is 0 Å². The van der Waals surface area contributed by atoms with Crippen molar-refractivity contribution in [3.05, 3.63) is 105 Å². The molecular weight excluding hydrogens is 372 g/mol. The maximum atomic E-state index is 6.98. The van der Waals surface area contributed by atoms with E-state index in [2.05, 4.69) is 101 Å². The van der Waals surface area contributed by atoms with E-state index in [1.807, 2.05) is 11.3 Å². The summed E-state index contributed by atoms with van der Waals surface area (Å²) in [5.74, 6) is 1.01. The van der Waals surface area contributed by atoms with Gasteiger partial charge in [0.2, 0.25) is 0 Å². The summed E-state index contributed by atoms with van der Waals surface area (Å²) in [7, 11) is 0. The molecule has 0 aliphatic carbocycles. The Bertz CT molecular complexity index is 1210. The fraction of sp³-hybridized carbons (Fsp3) is 0.185. The third-order valence-electron chi connectivity index (χ3n) is 6.24. The number of rotatable bonds is 2. The summed E-state index contributed by atoms with van der Waals surface area (Å²) in [4.78, 5) is 1.38. The first kappa shape index (κ1) is 18.2. The lowest BCUT2D eigenvalue weighted by Crippen LogP contribution is -2.34. The Morgan fingerprint density at radius 3 is 1.90 bits per heavy atom. The average molecular weight is 397 g/mol. The van der Waals surface area contributed by atoms with Crippen molar-refractivity contribution >= 4 is 27.5 Å². The molecule has 0 spiro atoms. The summed E-state index contributed by atoms with van der Waals surface area (Å²) in [5, 5.41) is 1.39. The Morgan fingerprint density at radius 1 is 0.724 bits per heavy atom. The van der Waals surface area contributed by atoms with Crippen LogP contribution in [0, 0.1) is 27.7 Å². The SMILES string of the molecule is Cc1sc2c(C)c3c(c(C)c2c1C)C=CC(c1ccccc1)(c1ccccc1)O3. The largest absolute Gasteiger partial charge is 0.473 e. The fourth-order valence-electron chi connectivity index (χ4n) is 4.53. The van der Waals surface area contributed by atoms with Gasteiger partial charge in [-0.3, -0.25) is 0 Å². The van der Waals surface area contributed by atoms with Crippen LogP contribution in [0.25, 0.3) is 16.2 Å². The first-order chi connectivity index (χ1) is 14.0. The van der Waals surface area contributed by atoms with Gasteiger partial charge < -0.3 is 4.74 Å². The second-order valence-corrected chi connectivity index (χ2v) is 9.11. The highest BCUT2D eigenvalue weighted by Gasteiger charge is 2.38. The molecule has 0 fully saturated rings.